The van der Waals surface area contributed by atoms with Gasteiger partial charge in [0.2, 0.25) is 11.9 Å². The lowest BCUT2D eigenvalue weighted by Crippen LogP contribution is -2.45. The molecule has 12 heteroatoms. The highest BCUT2D eigenvalue weighted by molar-refractivity contribution is 5.77. The number of likely N-dealkylation sites (N-methyl/N-ethyl adjacent to an activating group) is 1. The molecule has 0 unspecified atom stereocenters. The first kappa shape index (κ1) is 24.4. The van der Waals surface area contributed by atoms with Gasteiger partial charge >= 0.3 is 0 Å². The number of carbonyl (C=O) groups excluding carboxylic acids is 1. The summed E-state index contributed by atoms with van der Waals surface area (Å²) in [6.07, 6.45) is 6.96. The Morgan fingerprint density at radius 2 is 1.84 bits per heavy atom. The van der Waals surface area contributed by atoms with Crippen LogP contribution in [0.3, 0.4) is 0 Å². The fourth-order valence-electron chi connectivity index (χ4n) is 5.11. The van der Waals surface area contributed by atoms with Gasteiger partial charge in [0.25, 0.3) is 0 Å². The van der Waals surface area contributed by atoms with Crippen LogP contribution >= 0.6 is 0 Å². The Balaban J connectivity index is 1.08. The molecule has 0 bridgehead atoms. The van der Waals surface area contributed by atoms with E-state index in [4.69, 9.17) is 4.98 Å². The standard InChI is InChI=1S/C26H33N11O/c1-33-11-13-35(14-12-33)9-8-24(38)36-10-7-21(18-36)29-26-27-16-23-25(30-26)37(32-31-23)22-5-3-19(4-6-22)20-15-28-34(2)17-20/h3-6,15-17,21H,7-14,18H2,1-2H3,(H,27,29,30)/t21-/m1/s1. The van der Waals surface area contributed by atoms with Gasteiger partial charge in [-0.1, -0.05) is 17.3 Å². The van der Waals surface area contributed by atoms with E-state index in [1.807, 2.05) is 48.6 Å². The van der Waals surface area contributed by atoms with Gasteiger partial charge in [0, 0.05) is 77.1 Å². The van der Waals surface area contributed by atoms with Gasteiger partial charge < -0.3 is 20.0 Å². The topological polar surface area (TPSA) is 113 Å². The minimum Gasteiger partial charge on any atom is -0.350 e. The lowest BCUT2D eigenvalue weighted by atomic mass is 10.1. The highest BCUT2D eigenvalue weighted by Crippen LogP contribution is 2.22. The molecule has 1 amide bonds. The summed E-state index contributed by atoms with van der Waals surface area (Å²) in [5, 5.41) is 16.2. The summed E-state index contributed by atoms with van der Waals surface area (Å²) in [6.45, 7) is 6.46. The van der Waals surface area contributed by atoms with Crippen molar-refractivity contribution in [3.05, 3.63) is 42.9 Å². The van der Waals surface area contributed by atoms with E-state index in [0.717, 1.165) is 62.5 Å². The molecule has 38 heavy (non-hydrogen) atoms. The average molecular weight is 516 g/mol. The number of fused-ring (bicyclic) bond motifs is 1. The van der Waals surface area contributed by atoms with Crippen LogP contribution in [0.4, 0.5) is 5.95 Å². The van der Waals surface area contributed by atoms with E-state index in [9.17, 15) is 4.79 Å². The molecule has 0 spiro atoms. The maximum absolute atomic E-state index is 12.8. The first-order valence-corrected chi connectivity index (χ1v) is 13.1. The fourth-order valence-corrected chi connectivity index (χ4v) is 5.11. The number of piperazine rings is 1. The Kier molecular flexibility index (Phi) is 6.73. The lowest BCUT2D eigenvalue weighted by Gasteiger charge is -2.32. The van der Waals surface area contributed by atoms with Gasteiger partial charge in [-0.25, -0.2) is 4.98 Å². The van der Waals surface area contributed by atoms with Crippen LogP contribution in [-0.4, -0.2) is 114 Å². The molecule has 4 aromatic rings. The molecule has 1 N–H and O–H groups in total. The van der Waals surface area contributed by atoms with Crippen LogP contribution in [0.15, 0.2) is 42.9 Å². The van der Waals surface area contributed by atoms with Gasteiger partial charge in [0.15, 0.2) is 11.2 Å². The molecular formula is C26H33N11O. The minimum absolute atomic E-state index is 0.114. The van der Waals surface area contributed by atoms with Crippen LogP contribution in [0, 0.1) is 0 Å². The molecule has 2 aliphatic heterocycles. The minimum atomic E-state index is 0.114. The van der Waals surface area contributed by atoms with E-state index in [0.29, 0.717) is 30.1 Å². The number of likely N-dealkylation sites (tertiary alicyclic amines) is 1. The quantitative estimate of drug-likeness (QED) is 0.389. The summed E-state index contributed by atoms with van der Waals surface area (Å²) < 4.78 is 3.51. The van der Waals surface area contributed by atoms with Crippen molar-refractivity contribution in [2.75, 3.05) is 58.2 Å². The molecule has 2 fully saturated rings. The second kappa shape index (κ2) is 10.5. The van der Waals surface area contributed by atoms with Crippen molar-refractivity contribution in [1.29, 1.82) is 0 Å². The first-order chi connectivity index (χ1) is 18.5. The predicted molar refractivity (Wildman–Crippen MR) is 144 cm³/mol. The number of rotatable bonds is 7. The highest BCUT2D eigenvalue weighted by atomic mass is 16.2. The average Bonchev–Trinajstić information content (AvgIpc) is 3.68. The van der Waals surface area contributed by atoms with Gasteiger partial charge in [0.1, 0.15) is 0 Å². The molecule has 12 nitrogen and oxygen atoms in total. The zero-order valence-electron chi connectivity index (χ0n) is 21.9. The third-order valence-corrected chi connectivity index (χ3v) is 7.45. The number of anilines is 1. The number of nitrogens with one attached hydrogen (secondary N) is 1. The van der Waals surface area contributed by atoms with Crippen LogP contribution < -0.4 is 5.32 Å². The third kappa shape index (κ3) is 5.22. The van der Waals surface area contributed by atoms with Crippen LogP contribution in [0.2, 0.25) is 0 Å². The van der Waals surface area contributed by atoms with Crippen molar-refractivity contribution in [1.82, 2.24) is 49.4 Å². The summed E-state index contributed by atoms with van der Waals surface area (Å²) >= 11 is 0. The number of hydrogen-bond acceptors (Lipinski definition) is 9. The fraction of sp³-hybridized carbons (Fsp3) is 0.462. The van der Waals surface area contributed by atoms with Crippen LogP contribution in [0.1, 0.15) is 12.8 Å². The Labute approximate surface area is 221 Å². The van der Waals surface area contributed by atoms with E-state index in [1.54, 1.807) is 15.6 Å². The zero-order chi connectivity index (χ0) is 26.1. The van der Waals surface area contributed by atoms with Gasteiger partial charge in [-0.15, -0.1) is 5.10 Å². The normalized spacial score (nSPS) is 18.9. The van der Waals surface area contributed by atoms with Crippen LogP contribution in [0.25, 0.3) is 28.0 Å². The summed E-state index contributed by atoms with van der Waals surface area (Å²) in [7, 11) is 4.05. The number of carbonyl (C=O) groups is 1. The molecule has 198 valence electrons. The van der Waals surface area contributed by atoms with Gasteiger partial charge in [-0.2, -0.15) is 14.8 Å². The molecular weight excluding hydrogens is 482 g/mol. The highest BCUT2D eigenvalue weighted by Gasteiger charge is 2.27. The van der Waals surface area contributed by atoms with E-state index in [-0.39, 0.29) is 11.9 Å². The maximum atomic E-state index is 12.8. The molecule has 0 saturated carbocycles. The second-order valence-corrected chi connectivity index (χ2v) is 10.2. The molecule has 0 radical (unpaired) electrons. The molecule has 2 saturated heterocycles. The van der Waals surface area contributed by atoms with Crippen molar-refractivity contribution >= 4 is 23.0 Å². The molecule has 1 aromatic carbocycles. The zero-order valence-corrected chi connectivity index (χ0v) is 21.9. The third-order valence-electron chi connectivity index (χ3n) is 7.45. The number of benzene rings is 1. The summed E-state index contributed by atoms with van der Waals surface area (Å²) in [5.41, 5.74) is 4.25. The molecule has 6 rings (SSSR count). The number of nitrogens with zero attached hydrogens (tertiary/aromatic N) is 10. The maximum Gasteiger partial charge on any atom is 0.225 e. The second-order valence-electron chi connectivity index (χ2n) is 10.2. The lowest BCUT2D eigenvalue weighted by molar-refractivity contribution is -0.130. The van der Waals surface area contributed by atoms with Crippen molar-refractivity contribution in [2.45, 2.75) is 18.9 Å². The van der Waals surface area contributed by atoms with Crippen LogP contribution in [0.5, 0.6) is 0 Å². The predicted octanol–water partition coefficient (Wildman–Crippen LogP) is 1.26. The Morgan fingerprint density at radius 3 is 2.61 bits per heavy atom. The first-order valence-electron chi connectivity index (χ1n) is 13.1. The Morgan fingerprint density at radius 1 is 1.03 bits per heavy atom. The summed E-state index contributed by atoms with van der Waals surface area (Å²) in [6, 6.07) is 8.17. The van der Waals surface area contributed by atoms with Gasteiger partial charge in [-0.3, -0.25) is 9.48 Å². The molecule has 5 heterocycles. The number of amides is 1. The SMILES string of the molecule is CN1CCN(CCC(=O)N2CC[C@@H](Nc3ncc4nnn(-c5ccc(-c6cnn(C)c6)cc5)c4n3)C2)CC1. The van der Waals surface area contributed by atoms with Gasteiger partial charge in [0.05, 0.1) is 18.1 Å². The monoisotopic (exact) mass is 515 g/mol. The summed E-state index contributed by atoms with van der Waals surface area (Å²) in [5.74, 6) is 0.742. The number of hydrogen-bond donors (Lipinski definition) is 1. The number of aryl methyl sites for hydroxylation is 1. The Bertz CT molecular complexity index is 1400. The molecule has 0 aliphatic carbocycles. The van der Waals surface area contributed by atoms with E-state index in [1.165, 1.54) is 0 Å². The van der Waals surface area contributed by atoms with E-state index >= 15 is 0 Å². The van der Waals surface area contributed by atoms with Crippen molar-refractivity contribution in [3.63, 3.8) is 0 Å². The largest absolute Gasteiger partial charge is 0.350 e. The van der Waals surface area contributed by atoms with E-state index in [2.05, 4.69) is 42.6 Å². The van der Waals surface area contributed by atoms with Crippen molar-refractivity contribution in [2.24, 2.45) is 7.05 Å². The molecule has 2 aliphatic rings. The van der Waals surface area contributed by atoms with Gasteiger partial charge in [-0.05, 0) is 31.2 Å². The summed E-state index contributed by atoms with van der Waals surface area (Å²) in [4.78, 5) is 28.7. The molecule has 1 atom stereocenters. The van der Waals surface area contributed by atoms with Crippen molar-refractivity contribution < 1.29 is 4.79 Å². The van der Waals surface area contributed by atoms with Crippen molar-refractivity contribution in [3.8, 4) is 16.8 Å². The molecule has 3 aromatic heterocycles. The Hall–Kier alpha value is -3.90. The smallest absolute Gasteiger partial charge is 0.225 e. The van der Waals surface area contributed by atoms with Crippen LogP contribution in [-0.2, 0) is 11.8 Å². The number of aromatic nitrogens is 7. The van der Waals surface area contributed by atoms with E-state index < -0.39 is 0 Å².